The molecule has 4 nitrogen and oxygen atoms in total. The maximum Gasteiger partial charge on any atom is 0.177 e. The minimum Gasteiger partial charge on any atom is -0.387 e. The number of rotatable bonds is 17. The first-order valence-corrected chi connectivity index (χ1v) is 10.4. The van der Waals surface area contributed by atoms with Crippen LogP contribution in [0.2, 0.25) is 0 Å². The van der Waals surface area contributed by atoms with Crippen LogP contribution in [0.4, 0.5) is 0 Å². The summed E-state index contributed by atoms with van der Waals surface area (Å²) in [5.41, 5.74) is 5.65. The number of nitrogens with two attached hydrogens (primary N) is 1. The quantitative estimate of drug-likeness (QED) is 0.203. The zero-order valence-electron chi connectivity index (χ0n) is 15.8. The Bertz CT molecular complexity index is 350. The first kappa shape index (κ1) is 24.6. The van der Waals surface area contributed by atoms with Gasteiger partial charge in [-0.25, -0.2) is 0 Å². The highest BCUT2D eigenvalue weighted by Crippen LogP contribution is 2.12. The fraction of sp³-hybridized carbons (Fsp3) is 0.850. The lowest BCUT2D eigenvalue weighted by Crippen LogP contribution is -2.48. The van der Waals surface area contributed by atoms with Gasteiger partial charge in [0.25, 0.3) is 0 Å². The highest BCUT2D eigenvalue weighted by molar-refractivity contribution is 6.28. The van der Waals surface area contributed by atoms with E-state index in [1.165, 1.54) is 64.2 Å². The minimum atomic E-state index is -1.42. The number of Topliss-reactive ketones (excluding diaryl/α,β-unsaturated/α-hetero) is 1. The fourth-order valence-electron chi connectivity index (χ4n) is 2.77. The topological polar surface area (TPSA) is 83.6 Å². The molecule has 0 aliphatic rings. The summed E-state index contributed by atoms with van der Waals surface area (Å²) < 4.78 is 0. The van der Waals surface area contributed by atoms with Crippen LogP contribution in [0.5, 0.6) is 0 Å². The molecule has 0 radical (unpaired) electrons. The zero-order chi connectivity index (χ0) is 18.9. The summed E-state index contributed by atoms with van der Waals surface area (Å²) in [5, 5.41) is 19.5. The Morgan fingerprint density at radius 3 is 1.92 bits per heavy atom. The predicted octanol–water partition coefficient (Wildman–Crippen LogP) is 4.10. The summed E-state index contributed by atoms with van der Waals surface area (Å²) in [6.07, 6.45) is 16.2. The average molecular weight is 376 g/mol. The third kappa shape index (κ3) is 13.4. The molecule has 0 bridgehead atoms. The number of carbonyl (C=O) groups excluding carboxylic acids is 1. The molecule has 0 aromatic carbocycles. The molecule has 0 aromatic rings. The number of carbonyl (C=O) groups is 1. The molecule has 0 saturated heterocycles. The third-order valence-corrected chi connectivity index (χ3v) is 4.79. The van der Waals surface area contributed by atoms with Crippen LogP contribution in [0.25, 0.3) is 0 Å². The molecule has 0 aliphatic heterocycles. The highest BCUT2D eigenvalue weighted by atomic mass is 35.5. The van der Waals surface area contributed by atoms with E-state index in [2.05, 4.69) is 6.92 Å². The number of unbranched alkanes of at least 4 members (excludes halogenated alkanes) is 11. The van der Waals surface area contributed by atoms with E-state index in [1.54, 1.807) is 6.08 Å². The van der Waals surface area contributed by atoms with Gasteiger partial charge in [-0.05, 0) is 12.8 Å². The molecule has 0 rings (SSSR count). The molecule has 1 unspecified atom stereocenters. The monoisotopic (exact) mass is 375 g/mol. The molecule has 0 amide bonds. The second-order valence-electron chi connectivity index (χ2n) is 6.87. The van der Waals surface area contributed by atoms with Crippen LogP contribution >= 0.6 is 11.6 Å². The van der Waals surface area contributed by atoms with Gasteiger partial charge in [0.1, 0.15) is 6.10 Å². The van der Waals surface area contributed by atoms with Crippen molar-refractivity contribution in [2.75, 3.05) is 5.88 Å². The SMILES string of the molecule is CCCCCCCCCCCCC/C=C/[C@@H](O)[C@@H](N)C(O)C(=O)CCl. The minimum absolute atomic E-state index is 0.302. The van der Waals surface area contributed by atoms with Crippen molar-refractivity contribution in [3.63, 3.8) is 0 Å². The van der Waals surface area contributed by atoms with Crippen LogP contribution in [0.1, 0.15) is 84.0 Å². The van der Waals surface area contributed by atoms with Crippen LogP contribution in [-0.4, -0.2) is 40.1 Å². The number of halogens is 1. The van der Waals surface area contributed by atoms with Gasteiger partial charge in [0.15, 0.2) is 5.78 Å². The molecule has 0 spiro atoms. The Labute approximate surface area is 158 Å². The van der Waals surface area contributed by atoms with Crippen LogP contribution < -0.4 is 5.73 Å². The first-order chi connectivity index (χ1) is 12.0. The van der Waals surface area contributed by atoms with E-state index in [4.69, 9.17) is 17.3 Å². The summed E-state index contributed by atoms with van der Waals surface area (Å²) in [6, 6.07) is -1.03. The molecule has 4 N–H and O–H groups in total. The van der Waals surface area contributed by atoms with Gasteiger partial charge in [-0.1, -0.05) is 83.3 Å². The lowest BCUT2D eigenvalue weighted by Gasteiger charge is -2.20. The second-order valence-corrected chi connectivity index (χ2v) is 7.13. The molecule has 0 aliphatic carbocycles. The summed E-state index contributed by atoms with van der Waals surface area (Å²) in [6.45, 7) is 2.25. The van der Waals surface area contributed by atoms with Crippen molar-refractivity contribution in [2.45, 2.75) is 102 Å². The number of hydrogen-bond acceptors (Lipinski definition) is 4. The molecule has 3 atom stereocenters. The van der Waals surface area contributed by atoms with Crippen molar-refractivity contribution < 1.29 is 15.0 Å². The average Bonchev–Trinajstić information content (AvgIpc) is 2.63. The molecule has 0 saturated carbocycles. The Morgan fingerprint density at radius 2 is 1.44 bits per heavy atom. The molecule has 148 valence electrons. The van der Waals surface area contributed by atoms with Gasteiger partial charge in [-0.15, -0.1) is 11.6 Å². The zero-order valence-corrected chi connectivity index (χ0v) is 16.6. The van der Waals surface area contributed by atoms with Crippen LogP contribution in [0, 0.1) is 0 Å². The molecular formula is C20H38ClNO3. The Balaban J connectivity index is 3.55. The van der Waals surface area contributed by atoms with E-state index in [9.17, 15) is 15.0 Å². The van der Waals surface area contributed by atoms with Gasteiger partial charge in [-0.3, -0.25) is 4.79 Å². The van der Waals surface area contributed by atoms with Crippen LogP contribution in [-0.2, 0) is 4.79 Å². The van der Waals surface area contributed by atoms with Crippen molar-refractivity contribution in [3.8, 4) is 0 Å². The van der Waals surface area contributed by atoms with Gasteiger partial charge in [-0.2, -0.15) is 0 Å². The summed E-state index contributed by atoms with van der Waals surface area (Å²) >= 11 is 5.37. The lowest BCUT2D eigenvalue weighted by atomic mass is 10.0. The van der Waals surface area contributed by atoms with E-state index < -0.39 is 24.0 Å². The maximum atomic E-state index is 11.2. The normalized spacial score (nSPS) is 15.4. The number of hydrogen-bond donors (Lipinski definition) is 3. The Morgan fingerprint density at radius 1 is 0.960 bits per heavy atom. The number of ketones is 1. The van der Waals surface area contributed by atoms with E-state index in [1.807, 2.05) is 6.08 Å². The molecule has 0 heterocycles. The van der Waals surface area contributed by atoms with Gasteiger partial charge in [0.05, 0.1) is 18.0 Å². The molecular weight excluding hydrogens is 338 g/mol. The lowest BCUT2D eigenvalue weighted by molar-refractivity contribution is -0.126. The summed E-state index contributed by atoms with van der Waals surface area (Å²) in [5.74, 6) is -0.865. The summed E-state index contributed by atoms with van der Waals surface area (Å²) in [4.78, 5) is 11.2. The van der Waals surface area contributed by atoms with E-state index >= 15 is 0 Å². The van der Waals surface area contributed by atoms with Crippen molar-refractivity contribution in [1.82, 2.24) is 0 Å². The van der Waals surface area contributed by atoms with Crippen LogP contribution in [0.3, 0.4) is 0 Å². The van der Waals surface area contributed by atoms with Crippen molar-refractivity contribution in [1.29, 1.82) is 0 Å². The van der Waals surface area contributed by atoms with Gasteiger partial charge in [0.2, 0.25) is 0 Å². The number of aliphatic hydroxyl groups is 2. The molecule has 5 heteroatoms. The van der Waals surface area contributed by atoms with Crippen LogP contribution in [0.15, 0.2) is 12.2 Å². The Kier molecular flexibility index (Phi) is 16.7. The summed E-state index contributed by atoms with van der Waals surface area (Å²) in [7, 11) is 0. The largest absolute Gasteiger partial charge is 0.387 e. The number of allylic oxidation sites excluding steroid dienone is 1. The van der Waals surface area contributed by atoms with Gasteiger partial charge < -0.3 is 15.9 Å². The molecule has 25 heavy (non-hydrogen) atoms. The van der Waals surface area contributed by atoms with E-state index in [0.717, 1.165) is 12.8 Å². The fourth-order valence-corrected chi connectivity index (χ4v) is 2.93. The van der Waals surface area contributed by atoms with E-state index in [0.29, 0.717) is 0 Å². The number of alkyl halides is 1. The Hall–Kier alpha value is -0.420. The van der Waals surface area contributed by atoms with Crippen molar-refractivity contribution in [2.24, 2.45) is 5.73 Å². The second kappa shape index (κ2) is 17.0. The predicted molar refractivity (Wildman–Crippen MR) is 106 cm³/mol. The maximum absolute atomic E-state index is 11.2. The number of aliphatic hydroxyl groups excluding tert-OH is 2. The smallest absolute Gasteiger partial charge is 0.177 e. The first-order valence-electron chi connectivity index (χ1n) is 9.91. The van der Waals surface area contributed by atoms with Crippen molar-refractivity contribution >= 4 is 17.4 Å². The van der Waals surface area contributed by atoms with E-state index in [-0.39, 0.29) is 5.88 Å². The standard InChI is InChI=1S/C20H38ClNO3/c1-2-3-4-5-6-7-8-9-10-11-12-13-14-15-17(23)19(22)20(25)18(24)16-21/h14-15,17,19-20,23,25H,2-13,16,22H2,1H3/b15-14+/t17-,19-,20?/m1/s1. The van der Waals surface area contributed by atoms with Gasteiger partial charge >= 0.3 is 0 Å². The third-order valence-electron chi connectivity index (χ3n) is 4.53. The highest BCUT2D eigenvalue weighted by Gasteiger charge is 2.26. The molecule has 0 aromatic heterocycles. The van der Waals surface area contributed by atoms with Crippen molar-refractivity contribution in [3.05, 3.63) is 12.2 Å². The molecule has 0 fully saturated rings. The van der Waals surface area contributed by atoms with Gasteiger partial charge in [0, 0.05) is 0 Å².